The van der Waals surface area contributed by atoms with E-state index in [4.69, 9.17) is 14.2 Å². The maximum absolute atomic E-state index is 5.76. The molecule has 1 aromatic heterocycles. The molecular weight excluding hydrogens is 258 g/mol. The Labute approximate surface area is 119 Å². The van der Waals surface area contributed by atoms with Crippen LogP contribution in [0, 0.1) is 0 Å². The van der Waals surface area contributed by atoms with Crippen LogP contribution in [-0.4, -0.2) is 48.0 Å². The zero-order valence-electron chi connectivity index (χ0n) is 12.3. The number of hydrogen-bond donors (Lipinski definition) is 1. The molecule has 0 amide bonds. The first-order chi connectivity index (χ1) is 9.63. The third kappa shape index (κ3) is 4.94. The van der Waals surface area contributed by atoms with Crippen LogP contribution >= 0.6 is 0 Å². The topological polar surface area (TPSA) is 65.5 Å². The molecule has 1 fully saturated rings. The summed E-state index contributed by atoms with van der Waals surface area (Å²) in [6, 6.07) is 0.152. The maximum Gasteiger partial charge on any atom is 0.234 e. The maximum atomic E-state index is 5.76. The zero-order chi connectivity index (χ0) is 14.4. The fourth-order valence-electron chi connectivity index (χ4n) is 1.93. The lowest BCUT2D eigenvalue weighted by Crippen LogP contribution is -2.26. The quantitative estimate of drug-likeness (QED) is 0.823. The number of rotatable bonds is 7. The van der Waals surface area contributed by atoms with Gasteiger partial charge in [-0.1, -0.05) is 0 Å². The molecule has 0 aliphatic carbocycles. The van der Waals surface area contributed by atoms with Crippen molar-refractivity contribution in [1.29, 1.82) is 0 Å². The van der Waals surface area contributed by atoms with Crippen LogP contribution in [0.4, 0.5) is 5.82 Å². The lowest BCUT2D eigenvalue weighted by molar-refractivity contribution is 0.0394. The van der Waals surface area contributed by atoms with Crippen LogP contribution in [0.25, 0.3) is 0 Å². The van der Waals surface area contributed by atoms with Crippen LogP contribution in [0.1, 0.15) is 27.2 Å². The van der Waals surface area contributed by atoms with E-state index in [1.54, 1.807) is 12.4 Å². The van der Waals surface area contributed by atoms with E-state index in [9.17, 15) is 0 Å². The average molecular weight is 281 g/mol. The molecule has 112 valence electrons. The van der Waals surface area contributed by atoms with Crippen LogP contribution in [-0.2, 0) is 9.47 Å². The predicted octanol–water partition coefficient (Wildman–Crippen LogP) is 1.87. The first kappa shape index (κ1) is 15.0. The molecule has 1 saturated heterocycles. The smallest absolute Gasteiger partial charge is 0.234 e. The fraction of sp³-hybridized carbons (Fsp3) is 0.714. The Hall–Kier alpha value is -1.40. The third-order valence-electron chi connectivity index (χ3n) is 2.83. The summed E-state index contributed by atoms with van der Waals surface area (Å²) >= 11 is 0. The lowest BCUT2D eigenvalue weighted by atomic mass is 10.3. The van der Waals surface area contributed by atoms with Crippen LogP contribution in [0.15, 0.2) is 12.4 Å². The molecule has 6 heteroatoms. The highest BCUT2D eigenvalue weighted by atomic mass is 16.5. The van der Waals surface area contributed by atoms with Gasteiger partial charge in [-0.05, 0) is 27.2 Å². The standard InChI is InChI=1S/C14H23N3O3/c1-10(2)20-14-7-15-6-13(17-14)16-11(3)8-19-12-4-5-18-9-12/h6-7,10-12H,4-5,8-9H2,1-3H3,(H,16,17). The van der Waals surface area contributed by atoms with E-state index in [-0.39, 0.29) is 18.2 Å². The van der Waals surface area contributed by atoms with Gasteiger partial charge in [-0.15, -0.1) is 0 Å². The van der Waals surface area contributed by atoms with Gasteiger partial charge in [0.1, 0.15) is 5.82 Å². The van der Waals surface area contributed by atoms with E-state index < -0.39 is 0 Å². The van der Waals surface area contributed by atoms with Crippen molar-refractivity contribution in [3.63, 3.8) is 0 Å². The van der Waals surface area contributed by atoms with Gasteiger partial charge in [0.15, 0.2) is 0 Å². The van der Waals surface area contributed by atoms with Crippen molar-refractivity contribution in [2.24, 2.45) is 0 Å². The van der Waals surface area contributed by atoms with Crippen molar-refractivity contribution >= 4 is 5.82 Å². The van der Waals surface area contributed by atoms with Crippen LogP contribution in [0.2, 0.25) is 0 Å². The fourth-order valence-corrected chi connectivity index (χ4v) is 1.93. The highest BCUT2D eigenvalue weighted by molar-refractivity contribution is 5.34. The van der Waals surface area contributed by atoms with Gasteiger partial charge < -0.3 is 19.5 Å². The molecule has 0 radical (unpaired) electrons. The second-order valence-corrected chi connectivity index (χ2v) is 5.27. The summed E-state index contributed by atoms with van der Waals surface area (Å²) in [7, 11) is 0. The number of nitrogens with zero attached hydrogens (tertiary/aromatic N) is 2. The van der Waals surface area contributed by atoms with Gasteiger partial charge in [0.25, 0.3) is 0 Å². The van der Waals surface area contributed by atoms with Gasteiger partial charge in [0.2, 0.25) is 5.88 Å². The number of ether oxygens (including phenoxy) is 3. The highest BCUT2D eigenvalue weighted by Crippen LogP contribution is 2.13. The highest BCUT2D eigenvalue weighted by Gasteiger charge is 2.17. The molecule has 1 aliphatic rings. The van der Waals surface area contributed by atoms with E-state index in [0.29, 0.717) is 24.9 Å². The first-order valence-electron chi connectivity index (χ1n) is 7.08. The summed E-state index contributed by atoms with van der Waals surface area (Å²) in [5.41, 5.74) is 0. The van der Waals surface area contributed by atoms with E-state index in [1.165, 1.54) is 0 Å². The second-order valence-electron chi connectivity index (χ2n) is 5.27. The van der Waals surface area contributed by atoms with E-state index in [0.717, 1.165) is 13.0 Å². The van der Waals surface area contributed by atoms with Crippen LogP contribution in [0.3, 0.4) is 0 Å². The van der Waals surface area contributed by atoms with Crippen molar-refractivity contribution in [2.45, 2.75) is 45.4 Å². The van der Waals surface area contributed by atoms with Crippen molar-refractivity contribution in [3.05, 3.63) is 12.4 Å². The minimum Gasteiger partial charge on any atom is -0.474 e. The largest absolute Gasteiger partial charge is 0.474 e. The zero-order valence-corrected chi connectivity index (χ0v) is 12.3. The van der Waals surface area contributed by atoms with Gasteiger partial charge >= 0.3 is 0 Å². The van der Waals surface area contributed by atoms with Gasteiger partial charge in [-0.2, -0.15) is 4.98 Å². The molecule has 2 unspecified atom stereocenters. The molecule has 0 spiro atoms. The first-order valence-corrected chi connectivity index (χ1v) is 7.08. The van der Waals surface area contributed by atoms with E-state index in [2.05, 4.69) is 15.3 Å². The number of nitrogens with one attached hydrogen (secondary N) is 1. The summed E-state index contributed by atoms with van der Waals surface area (Å²) in [6.07, 6.45) is 4.58. The summed E-state index contributed by atoms with van der Waals surface area (Å²) in [5.74, 6) is 1.23. The van der Waals surface area contributed by atoms with Crippen LogP contribution in [0.5, 0.6) is 5.88 Å². The molecule has 20 heavy (non-hydrogen) atoms. The van der Waals surface area contributed by atoms with Gasteiger partial charge in [0, 0.05) is 12.6 Å². The number of aromatic nitrogens is 2. The van der Waals surface area contributed by atoms with Gasteiger partial charge in [0.05, 0.1) is 37.8 Å². The minimum absolute atomic E-state index is 0.0858. The van der Waals surface area contributed by atoms with Gasteiger partial charge in [-0.25, -0.2) is 0 Å². The molecule has 1 aromatic rings. The Morgan fingerprint density at radius 1 is 1.40 bits per heavy atom. The number of anilines is 1. The number of hydrogen-bond acceptors (Lipinski definition) is 6. The minimum atomic E-state index is 0.0858. The Kier molecular flexibility index (Phi) is 5.55. The summed E-state index contributed by atoms with van der Waals surface area (Å²) in [6.45, 7) is 8.08. The van der Waals surface area contributed by atoms with Crippen molar-refractivity contribution in [1.82, 2.24) is 9.97 Å². The van der Waals surface area contributed by atoms with Crippen molar-refractivity contribution < 1.29 is 14.2 Å². The summed E-state index contributed by atoms with van der Waals surface area (Å²) in [4.78, 5) is 8.47. The Bertz CT molecular complexity index is 408. The van der Waals surface area contributed by atoms with Crippen molar-refractivity contribution in [3.8, 4) is 5.88 Å². The predicted molar refractivity (Wildman–Crippen MR) is 76.1 cm³/mol. The van der Waals surface area contributed by atoms with E-state index in [1.807, 2.05) is 20.8 Å². The summed E-state index contributed by atoms with van der Waals surface area (Å²) in [5, 5.41) is 3.26. The van der Waals surface area contributed by atoms with Gasteiger partial charge in [-0.3, -0.25) is 4.98 Å². The monoisotopic (exact) mass is 281 g/mol. The Balaban J connectivity index is 1.79. The SMILES string of the molecule is CC(COC1CCOC1)Nc1cncc(OC(C)C)n1. The molecule has 2 rings (SSSR count). The molecule has 0 saturated carbocycles. The Morgan fingerprint density at radius 2 is 2.25 bits per heavy atom. The molecule has 6 nitrogen and oxygen atoms in total. The molecule has 2 atom stereocenters. The molecule has 2 heterocycles. The summed E-state index contributed by atoms with van der Waals surface area (Å²) < 4.78 is 16.6. The Morgan fingerprint density at radius 3 is 2.95 bits per heavy atom. The second kappa shape index (κ2) is 7.40. The lowest BCUT2D eigenvalue weighted by Gasteiger charge is -2.17. The average Bonchev–Trinajstić information content (AvgIpc) is 2.89. The molecule has 1 N–H and O–H groups in total. The third-order valence-corrected chi connectivity index (χ3v) is 2.83. The normalized spacial score (nSPS) is 20.1. The van der Waals surface area contributed by atoms with Crippen molar-refractivity contribution in [2.75, 3.05) is 25.1 Å². The van der Waals surface area contributed by atoms with Crippen LogP contribution < -0.4 is 10.1 Å². The van der Waals surface area contributed by atoms with E-state index >= 15 is 0 Å². The molecule has 1 aliphatic heterocycles. The molecule has 0 aromatic carbocycles. The molecule has 0 bridgehead atoms. The molecular formula is C14H23N3O3.